The van der Waals surface area contributed by atoms with Crippen molar-refractivity contribution in [1.29, 1.82) is 0 Å². The van der Waals surface area contributed by atoms with E-state index in [1.54, 1.807) is 0 Å². The summed E-state index contributed by atoms with van der Waals surface area (Å²) in [4.78, 5) is 16.7. The lowest BCUT2D eigenvalue weighted by molar-refractivity contribution is -0.387. The fourth-order valence-corrected chi connectivity index (χ4v) is 1.64. The van der Waals surface area contributed by atoms with Crippen molar-refractivity contribution in [2.75, 3.05) is 0 Å². The molecular formula is C10H3BrClF2N3O3. The van der Waals surface area contributed by atoms with E-state index in [4.69, 9.17) is 16.3 Å². The van der Waals surface area contributed by atoms with Crippen LogP contribution in [0, 0.1) is 21.7 Å². The molecule has 2 aromatic rings. The van der Waals surface area contributed by atoms with Crippen molar-refractivity contribution in [1.82, 2.24) is 9.97 Å². The fourth-order valence-electron chi connectivity index (χ4n) is 1.24. The van der Waals surface area contributed by atoms with Gasteiger partial charge in [0, 0.05) is 12.3 Å². The maximum Gasteiger partial charge on any atom is 0.307 e. The van der Waals surface area contributed by atoms with Gasteiger partial charge in [0.15, 0.2) is 11.6 Å². The highest BCUT2D eigenvalue weighted by molar-refractivity contribution is 9.10. The first-order valence-corrected chi connectivity index (χ1v) is 6.05. The smallest absolute Gasteiger partial charge is 0.307 e. The molecule has 0 bridgehead atoms. The third-order valence-corrected chi connectivity index (χ3v) is 2.81. The molecule has 0 aliphatic rings. The highest BCUT2D eigenvalue weighted by atomic mass is 79.9. The highest BCUT2D eigenvalue weighted by Gasteiger charge is 2.20. The molecule has 1 aromatic carbocycles. The van der Waals surface area contributed by atoms with E-state index in [1.165, 1.54) is 6.20 Å². The summed E-state index contributed by atoms with van der Waals surface area (Å²) in [5, 5.41) is 10.3. The van der Waals surface area contributed by atoms with Gasteiger partial charge in [-0.05, 0) is 27.5 Å². The minimum Gasteiger partial charge on any atom is -0.435 e. The summed E-state index contributed by atoms with van der Waals surface area (Å²) in [7, 11) is 0. The molecule has 1 heterocycles. The molecule has 6 nitrogen and oxygen atoms in total. The van der Waals surface area contributed by atoms with Gasteiger partial charge in [-0.3, -0.25) is 10.1 Å². The Kier molecular flexibility index (Phi) is 4.09. The Morgan fingerprint density at radius 3 is 2.70 bits per heavy atom. The van der Waals surface area contributed by atoms with Crippen molar-refractivity contribution in [2.24, 2.45) is 0 Å². The molecule has 2 rings (SSSR count). The Balaban J connectivity index is 2.42. The quantitative estimate of drug-likeness (QED) is 0.468. The predicted molar refractivity (Wildman–Crippen MR) is 67.8 cm³/mol. The minimum atomic E-state index is -1.23. The Morgan fingerprint density at radius 1 is 1.35 bits per heavy atom. The van der Waals surface area contributed by atoms with Gasteiger partial charge in [-0.2, -0.15) is 9.37 Å². The molecule has 0 fully saturated rings. The first-order valence-electron chi connectivity index (χ1n) is 4.88. The summed E-state index contributed by atoms with van der Waals surface area (Å²) < 4.78 is 32.3. The van der Waals surface area contributed by atoms with Gasteiger partial charge in [0.25, 0.3) is 0 Å². The molecule has 0 atom stereocenters. The summed E-state index contributed by atoms with van der Waals surface area (Å²) in [5.74, 6) is -3.07. The molecule has 0 saturated carbocycles. The summed E-state index contributed by atoms with van der Waals surface area (Å²) in [5.41, 5.74) is -0.991. The Labute approximate surface area is 123 Å². The summed E-state index contributed by atoms with van der Waals surface area (Å²) in [6, 6.07) is 0.970. The topological polar surface area (TPSA) is 78.2 Å². The Bertz CT molecular complexity index is 702. The normalized spacial score (nSPS) is 10.4. The van der Waals surface area contributed by atoms with E-state index in [1.807, 2.05) is 0 Å². The van der Waals surface area contributed by atoms with Gasteiger partial charge in [0.05, 0.1) is 15.5 Å². The molecule has 1 aromatic heterocycles. The van der Waals surface area contributed by atoms with E-state index in [0.29, 0.717) is 12.1 Å². The van der Waals surface area contributed by atoms with Crippen LogP contribution in [-0.2, 0) is 0 Å². The first-order chi connectivity index (χ1) is 9.38. The van der Waals surface area contributed by atoms with Gasteiger partial charge in [-0.25, -0.2) is 9.37 Å². The summed E-state index contributed by atoms with van der Waals surface area (Å²) >= 11 is 8.58. The van der Waals surface area contributed by atoms with Crippen molar-refractivity contribution < 1.29 is 18.4 Å². The number of nitro benzene ring substituents is 1. The van der Waals surface area contributed by atoms with Crippen LogP contribution in [0.25, 0.3) is 0 Å². The summed E-state index contributed by atoms with van der Waals surface area (Å²) in [6.07, 6.45) is 1.25. The van der Waals surface area contributed by atoms with Crippen LogP contribution in [0.3, 0.4) is 0 Å². The molecule has 0 aliphatic carbocycles. The van der Waals surface area contributed by atoms with Crippen LogP contribution in [0.5, 0.6) is 11.6 Å². The van der Waals surface area contributed by atoms with Crippen LogP contribution in [0.15, 0.2) is 22.8 Å². The number of rotatable bonds is 3. The molecule has 10 heteroatoms. The zero-order valence-corrected chi connectivity index (χ0v) is 11.7. The van der Waals surface area contributed by atoms with Crippen LogP contribution in [-0.4, -0.2) is 14.9 Å². The van der Waals surface area contributed by atoms with E-state index in [2.05, 4.69) is 25.9 Å². The van der Waals surface area contributed by atoms with Crippen molar-refractivity contribution in [3.8, 4) is 11.6 Å². The van der Waals surface area contributed by atoms with Gasteiger partial charge in [0.2, 0.25) is 17.0 Å². The van der Waals surface area contributed by atoms with E-state index < -0.39 is 28.0 Å². The maximum absolute atomic E-state index is 13.6. The van der Waals surface area contributed by atoms with Gasteiger partial charge < -0.3 is 4.74 Å². The molecule has 0 unspecified atom stereocenters. The second-order valence-electron chi connectivity index (χ2n) is 3.39. The Morgan fingerprint density at radius 2 is 2.05 bits per heavy atom. The lowest BCUT2D eigenvalue weighted by Crippen LogP contribution is -1.98. The van der Waals surface area contributed by atoms with Crippen LogP contribution in [0.4, 0.5) is 14.5 Å². The zero-order valence-electron chi connectivity index (χ0n) is 9.31. The molecule has 0 amide bonds. The van der Waals surface area contributed by atoms with E-state index in [0.717, 1.165) is 0 Å². The molecule has 0 spiro atoms. The lowest BCUT2D eigenvalue weighted by Gasteiger charge is -2.07. The fraction of sp³-hybridized carbons (Fsp3) is 0. The third kappa shape index (κ3) is 2.99. The van der Waals surface area contributed by atoms with Gasteiger partial charge in [-0.1, -0.05) is 0 Å². The van der Waals surface area contributed by atoms with E-state index >= 15 is 0 Å². The number of nitrogens with zero attached hydrogens (tertiary/aromatic N) is 3. The number of nitro groups is 1. The highest BCUT2D eigenvalue weighted by Crippen LogP contribution is 2.32. The molecular weight excluding hydrogens is 363 g/mol. The molecule has 0 aliphatic heterocycles. The van der Waals surface area contributed by atoms with Crippen molar-refractivity contribution in [2.45, 2.75) is 0 Å². The van der Waals surface area contributed by atoms with Gasteiger partial charge >= 0.3 is 5.69 Å². The molecule has 0 saturated heterocycles. The average Bonchev–Trinajstić information content (AvgIpc) is 2.37. The number of benzene rings is 1. The first kappa shape index (κ1) is 14.5. The number of aromatic nitrogens is 2. The molecule has 104 valence electrons. The largest absolute Gasteiger partial charge is 0.435 e. The number of ether oxygens (including phenoxy) is 1. The van der Waals surface area contributed by atoms with Crippen LogP contribution >= 0.6 is 27.5 Å². The predicted octanol–water partition coefficient (Wildman–Crippen LogP) is 3.87. The number of hydrogen-bond acceptors (Lipinski definition) is 5. The lowest BCUT2D eigenvalue weighted by atomic mass is 10.3. The minimum absolute atomic E-state index is 0.155. The maximum atomic E-state index is 13.6. The van der Waals surface area contributed by atoms with Crippen molar-refractivity contribution in [3.63, 3.8) is 0 Å². The SMILES string of the molecule is O=[N+]([O-])c1cc(F)c(Oc2nc(Cl)ncc2Br)cc1F. The van der Waals surface area contributed by atoms with Gasteiger partial charge in [0.1, 0.15) is 0 Å². The average molecular weight is 367 g/mol. The third-order valence-electron chi connectivity index (χ3n) is 2.09. The number of halogens is 4. The standard InChI is InChI=1S/C10H3BrClF2N3O3/c11-4-3-15-10(12)16-9(4)20-8-2-5(13)7(17(18)19)1-6(8)14/h1-3H. The van der Waals surface area contributed by atoms with E-state index in [-0.39, 0.29) is 15.6 Å². The zero-order chi connectivity index (χ0) is 14.9. The monoisotopic (exact) mass is 365 g/mol. The second kappa shape index (κ2) is 5.63. The Hall–Kier alpha value is -1.87. The molecule has 0 radical (unpaired) electrons. The van der Waals surface area contributed by atoms with Crippen LogP contribution in [0.2, 0.25) is 5.28 Å². The van der Waals surface area contributed by atoms with Gasteiger partial charge in [-0.15, -0.1) is 0 Å². The van der Waals surface area contributed by atoms with Crippen molar-refractivity contribution >= 4 is 33.2 Å². The van der Waals surface area contributed by atoms with E-state index in [9.17, 15) is 18.9 Å². The number of hydrogen-bond donors (Lipinski definition) is 0. The van der Waals surface area contributed by atoms with Crippen LogP contribution < -0.4 is 4.74 Å². The molecule has 20 heavy (non-hydrogen) atoms. The van der Waals surface area contributed by atoms with Crippen molar-refractivity contribution in [3.05, 3.63) is 49.8 Å². The van der Waals surface area contributed by atoms with Crippen LogP contribution in [0.1, 0.15) is 0 Å². The molecule has 0 N–H and O–H groups in total. The summed E-state index contributed by atoms with van der Waals surface area (Å²) in [6.45, 7) is 0. The second-order valence-corrected chi connectivity index (χ2v) is 4.58.